The quantitative estimate of drug-likeness (QED) is 0.530. The third-order valence-corrected chi connectivity index (χ3v) is 4.30. The number of halogens is 1. The normalized spacial score (nSPS) is 10.6. The maximum absolute atomic E-state index is 13.2. The highest BCUT2D eigenvalue weighted by molar-refractivity contribution is 6.06. The fraction of sp³-hybridized carbons (Fsp3) is 0.0435. The van der Waals surface area contributed by atoms with Crippen molar-refractivity contribution in [2.75, 3.05) is 0 Å². The number of nitrogens with one attached hydrogen (secondary N) is 1. The van der Waals surface area contributed by atoms with Crippen LogP contribution in [0.15, 0.2) is 85.1 Å². The number of pyridine rings is 1. The monoisotopic (exact) mass is 372 g/mol. The van der Waals surface area contributed by atoms with Gasteiger partial charge in [0.1, 0.15) is 11.6 Å². The summed E-state index contributed by atoms with van der Waals surface area (Å²) < 4.78 is 18.7. The fourth-order valence-corrected chi connectivity index (χ4v) is 2.93. The number of rotatable bonds is 5. The van der Waals surface area contributed by atoms with E-state index in [0.717, 1.165) is 16.3 Å². The van der Waals surface area contributed by atoms with Gasteiger partial charge in [-0.3, -0.25) is 4.79 Å². The van der Waals surface area contributed by atoms with Crippen LogP contribution < -0.4 is 10.1 Å². The van der Waals surface area contributed by atoms with E-state index in [1.807, 2.05) is 48.5 Å². The summed E-state index contributed by atoms with van der Waals surface area (Å²) in [7, 11) is 0. The second-order valence-electron chi connectivity index (χ2n) is 6.27. The first-order chi connectivity index (χ1) is 13.7. The van der Waals surface area contributed by atoms with Crippen LogP contribution in [-0.2, 0) is 6.54 Å². The lowest BCUT2D eigenvalue weighted by atomic mass is 10.0. The molecule has 138 valence electrons. The Morgan fingerprint density at radius 1 is 0.964 bits per heavy atom. The first-order valence-electron chi connectivity index (χ1n) is 8.83. The molecule has 0 fully saturated rings. The van der Waals surface area contributed by atoms with E-state index in [4.69, 9.17) is 4.74 Å². The zero-order valence-electron chi connectivity index (χ0n) is 14.9. The summed E-state index contributed by atoms with van der Waals surface area (Å²) in [5.74, 6) is 0.224. The summed E-state index contributed by atoms with van der Waals surface area (Å²) >= 11 is 0. The second-order valence-corrected chi connectivity index (χ2v) is 6.27. The van der Waals surface area contributed by atoms with Crippen LogP contribution in [0.5, 0.6) is 11.6 Å². The summed E-state index contributed by atoms with van der Waals surface area (Å²) in [5, 5.41) is 4.85. The topological polar surface area (TPSA) is 51.2 Å². The molecule has 0 unspecified atom stereocenters. The van der Waals surface area contributed by atoms with Crippen LogP contribution in [0.2, 0.25) is 0 Å². The van der Waals surface area contributed by atoms with Crippen molar-refractivity contribution >= 4 is 16.7 Å². The van der Waals surface area contributed by atoms with Crippen LogP contribution in [0.3, 0.4) is 0 Å². The maximum Gasteiger partial charge on any atom is 0.252 e. The number of amides is 1. The third-order valence-electron chi connectivity index (χ3n) is 4.30. The SMILES string of the molecule is O=C(NCc1ccc(Oc2cccc(F)c2)nc1)c1cccc2ccccc12. The number of hydrogen-bond acceptors (Lipinski definition) is 3. The highest BCUT2D eigenvalue weighted by Gasteiger charge is 2.09. The van der Waals surface area contributed by atoms with E-state index in [0.29, 0.717) is 23.7 Å². The lowest BCUT2D eigenvalue weighted by molar-refractivity contribution is 0.0952. The Hall–Kier alpha value is -3.73. The van der Waals surface area contributed by atoms with E-state index >= 15 is 0 Å². The molecule has 0 atom stereocenters. The number of fused-ring (bicyclic) bond motifs is 1. The number of aromatic nitrogens is 1. The smallest absolute Gasteiger partial charge is 0.252 e. The van der Waals surface area contributed by atoms with Gasteiger partial charge in [-0.15, -0.1) is 0 Å². The first-order valence-corrected chi connectivity index (χ1v) is 8.83. The van der Waals surface area contributed by atoms with Gasteiger partial charge in [-0.05, 0) is 34.5 Å². The third kappa shape index (κ3) is 3.99. The van der Waals surface area contributed by atoms with Crippen molar-refractivity contribution in [2.45, 2.75) is 6.54 Å². The summed E-state index contributed by atoms with van der Waals surface area (Å²) in [4.78, 5) is 16.8. The number of benzene rings is 3. The minimum atomic E-state index is -0.370. The van der Waals surface area contributed by atoms with E-state index in [1.165, 1.54) is 12.1 Å². The van der Waals surface area contributed by atoms with E-state index < -0.39 is 0 Å². The molecule has 1 N–H and O–H groups in total. The summed E-state index contributed by atoms with van der Waals surface area (Å²) in [6.45, 7) is 0.343. The average molecular weight is 372 g/mol. The van der Waals surface area contributed by atoms with E-state index in [2.05, 4.69) is 10.3 Å². The van der Waals surface area contributed by atoms with Gasteiger partial charge in [0, 0.05) is 30.4 Å². The van der Waals surface area contributed by atoms with Gasteiger partial charge in [-0.2, -0.15) is 0 Å². The van der Waals surface area contributed by atoms with Crippen LogP contribution >= 0.6 is 0 Å². The molecule has 0 saturated carbocycles. The molecule has 3 aromatic carbocycles. The molecule has 0 radical (unpaired) electrons. The lowest BCUT2D eigenvalue weighted by Crippen LogP contribution is -2.23. The first kappa shape index (κ1) is 17.7. The molecule has 1 aromatic heterocycles. The van der Waals surface area contributed by atoms with Gasteiger partial charge in [0.25, 0.3) is 5.91 Å². The standard InChI is InChI=1S/C23H17FN2O2/c24-18-7-4-8-19(13-18)28-22-12-11-16(14-25-22)15-26-23(27)21-10-3-6-17-5-1-2-9-20(17)21/h1-14H,15H2,(H,26,27). The average Bonchev–Trinajstić information content (AvgIpc) is 2.73. The Morgan fingerprint density at radius 2 is 1.79 bits per heavy atom. The van der Waals surface area contributed by atoms with Crippen molar-refractivity contribution in [1.82, 2.24) is 10.3 Å². The van der Waals surface area contributed by atoms with Crippen molar-refractivity contribution in [1.29, 1.82) is 0 Å². The lowest BCUT2D eigenvalue weighted by Gasteiger charge is -2.09. The van der Waals surface area contributed by atoms with Gasteiger partial charge in [0.2, 0.25) is 5.88 Å². The fourth-order valence-electron chi connectivity index (χ4n) is 2.93. The van der Waals surface area contributed by atoms with E-state index in [-0.39, 0.29) is 11.7 Å². The zero-order valence-corrected chi connectivity index (χ0v) is 14.9. The Morgan fingerprint density at radius 3 is 2.61 bits per heavy atom. The molecule has 5 heteroatoms. The Bertz CT molecular complexity index is 1120. The van der Waals surface area contributed by atoms with Crippen LogP contribution in [0, 0.1) is 5.82 Å². The Labute approximate surface area is 161 Å². The maximum atomic E-state index is 13.2. The molecule has 4 nitrogen and oxygen atoms in total. The number of ether oxygens (including phenoxy) is 1. The van der Waals surface area contributed by atoms with Crippen LogP contribution in [0.25, 0.3) is 10.8 Å². The predicted octanol–water partition coefficient (Wildman–Crippen LogP) is 5.10. The molecule has 4 rings (SSSR count). The van der Waals surface area contributed by atoms with Gasteiger partial charge >= 0.3 is 0 Å². The van der Waals surface area contributed by atoms with E-state index in [1.54, 1.807) is 24.4 Å². The van der Waals surface area contributed by atoms with Gasteiger partial charge < -0.3 is 10.1 Å². The van der Waals surface area contributed by atoms with Gasteiger partial charge in [-0.1, -0.05) is 48.5 Å². The van der Waals surface area contributed by atoms with Crippen molar-refractivity contribution in [2.24, 2.45) is 0 Å². The molecule has 0 aliphatic rings. The zero-order chi connectivity index (χ0) is 19.3. The predicted molar refractivity (Wildman–Crippen MR) is 106 cm³/mol. The highest BCUT2D eigenvalue weighted by atomic mass is 19.1. The van der Waals surface area contributed by atoms with Crippen LogP contribution in [0.1, 0.15) is 15.9 Å². The highest BCUT2D eigenvalue weighted by Crippen LogP contribution is 2.21. The van der Waals surface area contributed by atoms with Gasteiger partial charge in [-0.25, -0.2) is 9.37 Å². The molecule has 0 aliphatic carbocycles. The van der Waals surface area contributed by atoms with Crippen molar-refractivity contribution < 1.29 is 13.9 Å². The molecular formula is C23H17FN2O2. The summed E-state index contributed by atoms with van der Waals surface area (Å²) in [5.41, 5.74) is 1.47. The number of hydrogen-bond donors (Lipinski definition) is 1. The summed E-state index contributed by atoms with van der Waals surface area (Å²) in [6, 6.07) is 22.8. The molecule has 0 spiro atoms. The molecular weight excluding hydrogens is 355 g/mol. The molecule has 28 heavy (non-hydrogen) atoms. The Kier molecular flexibility index (Phi) is 4.97. The van der Waals surface area contributed by atoms with Crippen LogP contribution in [0.4, 0.5) is 4.39 Å². The Balaban J connectivity index is 1.41. The molecule has 0 saturated heterocycles. The van der Waals surface area contributed by atoms with Crippen LogP contribution in [-0.4, -0.2) is 10.9 Å². The molecule has 1 heterocycles. The van der Waals surface area contributed by atoms with Crippen molar-refractivity contribution in [3.63, 3.8) is 0 Å². The van der Waals surface area contributed by atoms with Gasteiger partial charge in [0.15, 0.2) is 0 Å². The van der Waals surface area contributed by atoms with Crippen molar-refractivity contribution in [3.05, 3.63) is 102 Å². The minimum Gasteiger partial charge on any atom is -0.439 e. The number of carbonyl (C=O) groups is 1. The molecule has 4 aromatic rings. The molecule has 0 bridgehead atoms. The van der Waals surface area contributed by atoms with E-state index in [9.17, 15) is 9.18 Å². The minimum absolute atomic E-state index is 0.142. The van der Waals surface area contributed by atoms with Crippen molar-refractivity contribution in [3.8, 4) is 11.6 Å². The largest absolute Gasteiger partial charge is 0.439 e. The molecule has 1 amide bonds. The number of carbonyl (C=O) groups excluding carboxylic acids is 1. The summed E-state index contributed by atoms with van der Waals surface area (Å²) in [6.07, 6.45) is 1.62. The molecule has 0 aliphatic heterocycles. The number of nitrogens with zero attached hydrogens (tertiary/aromatic N) is 1. The second kappa shape index (κ2) is 7.88. The van der Waals surface area contributed by atoms with Gasteiger partial charge in [0.05, 0.1) is 0 Å².